The van der Waals surface area contributed by atoms with E-state index in [9.17, 15) is 42.3 Å². The Morgan fingerprint density at radius 2 is 1.31 bits per heavy atom. The van der Waals surface area contributed by atoms with Crippen molar-refractivity contribution in [3.63, 3.8) is 0 Å². The topological polar surface area (TPSA) is 249 Å². The zero-order valence-electron chi connectivity index (χ0n) is 41.1. The molecule has 2 saturated heterocycles. The molecule has 0 aliphatic carbocycles. The van der Waals surface area contributed by atoms with Crippen molar-refractivity contribution in [1.82, 2.24) is 24.1 Å². The van der Waals surface area contributed by atoms with Crippen molar-refractivity contribution >= 4 is 167 Å². The summed E-state index contributed by atoms with van der Waals surface area (Å²) in [6.07, 6.45) is 5.84. The molecule has 10 rings (SSSR count). The first-order chi connectivity index (χ1) is 37.0. The number of benzene rings is 1. The fourth-order valence-corrected chi connectivity index (χ4v) is 8.57. The summed E-state index contributed by atoms with van der Waals surface area (Å²) >= 11 is 11.6. The van der Waals surface area contributed by atoms with E-state index in [4.69, 9.17) is 24.7 Å². The second-order valence-corrected chi connectivity index (χ2v) is 52.6. The average Bonchev–Trinajstić information content (AvgIpc) is 4.00. The van der Waals surface area contributed by atoms with Crippen molar-refractivity contribution in [3.05, 3.63) is 116 Å². The van der Waals surface area contributed by atoms with Gasteiger partial charge in [0.15, 0.2) is 12.4 Å². The molecule has 77 heavy (non-hydrogen) atoms. The van der Waals surface area contributed by atoms with E-state index >= 15 is 0 Å². The third-order valence-electron chi connectivity index (χ3n) is 12.2. The van der Waals surface area contributed by atoms with Gasteiger partial charge in [-0.15, -0.1) is 0 Å². The molecule has 0 saturated carbocycles. The average molecular weight is 1660 g/mol. The van der Waals surface area contributed by atoms with Gasteiger partial charge in [-0.1, -0.05) is 6.42 Å². The van der Waals surface area contributed by atoms with Gasteiger partial charge in [0.25, 0.3) is 17.0 Å². The number of nitrogens with zero attached hydrogens (tertiary/aromatic N) is 7. The normalized spacial score (nSPS) is 16.1. The van der Waals surface area contributed by atoms with Crippen molar-refractivity contribution in [2.45, 2.75) is 63.6 Å². The summed E-state index contributed by atoms with van der Waals surface area (Å²) in [7, 11) is 3.19. The van der Waals surface area contributed by atoms with E-state index in [0.29, 0.717) is 93.5 Å². The number of unbranched alkanes of at least 4 members (excludes halogenated alkanes) is 2. The minimum absolute atomic E-state index is 0.0255. The SMILES string of the molecule is Cn1c(=O)ccc2ncc(F)c(CCC=O)c21.Cn1c(=O)ccc2ncc(F)c(CCCCCC3CN(c4ccc5c(c4)NC(=O)CO5)C(=O)O3)c21.II.NCC1CN(c2ccc3c(n2)CC(=O)CO3)C(=O)O1.[I][V]([I])[I]. The number of fused-ring (bicyclic) bond motifs is 4. The van der Waals surface area contributed by atoms with Gasteiger partial charge in [0.1, 0.15) is 54.1 Å². The van der Waals surface area contributed by atoms with Crippen LogP contribution in [0.5, 0.6) is 11.5 Å². The summed E-state index contributed by atoms with van der Waals surface area (Å²) in [6, 6.07) is 14.6. The molecule has 4 aliphatic rings. The Hall–Kier alpha value is -3.91. The Morgan fingerprint density at radius 3 is 1.92 bits per heavy atom. The van der Waals surface area contributed by atoms with Gasteiger partial charge in [-0.2, -0.15) is 0 Å². The molecule has 3 N–H and O–H groups in total. The second-order valence-electron chi connectivity index (χ2n) is 17.2. The Bertz CT molecular complexity index is 3270. The van der Waals surface area contributed by atoms with Gasteiger partial charge in [0, 0.05) is 93.2 Å². The number of cyclic esters (lactones) is 2. The van der Waals surface area contributed by atoms with Crippen molar-refractivity contribution in [2.75, 3.05) is 48.0 Å². The molecule has 20 nitrogen and oxygen atoms in total. The van der Waals surface area contributed by atoms with Crippen LogP contribution < -0.4 is 41.4 Å². The number of aldehydes is 1. The Kier molecular flexibility index (Phi) is 24.3. The fourth-order valence-electron chi connectivity index (χ4n) is 8.57. The van der Waals surface area contributed by atoms with E-state index in [2.05, 4.69) is 117 Å². The number of carbonyl (C=O) groups excluding carboxylic acids is 5. The maximum absolute atomic E-state index is 14.5. The van der Waals surface area contributed by atoms with Gasteiger partial charge in [0.2, 0.25) is 0 Å². The van der Waals surface area contributed by atoms with Crippen LogP contribution in [0.2, 0.25) is 0 Å². The first-order valence-electron chi connectivity index (χ1n) is 23.4. The number of carbonyl (C=O) groups is 5. The van der Waals surface area contributed by atoms with Crippen LogP contribution in [0, 0.1) is 11.6 Å². The van der Waals surface area contributed by atoms with Gasteiger partial charge in [-0.25, -0.2) is 23.4 Å². The summed E-state index contributed by atoms with van der Waals surface area (Å²) in [5, 5.41) is 2.74. The molecule has 4 aliphatic heterocycles. The van der Waals surface area contributed by atoms with Crippen LogP contribution in [0.4, 0.5) is 35.6 Å². The van der Waals surface area contributed by atoms with Crippen LogP contribution >= 0.6 is 97.2 Å². The Labute approximate surface area is 500 Å². The summed E-state index contributed by atoms with van der Waals surface area (Å²) in [5.74, 6) is 0.450. The van der Waals surface area contributed by atoms with Crippen LogP contribution in [0.25, 0.3) is 22.1 Å². The molecule has 1 aromatic carbocycles. The monoisotopic (exact) mass is 1660 g/mol. The van der Waals surface area contributed by atoms with Crippen LogP contribution in [0.3, 0.4) is 0 Å². The number of hydrogen-bond acceptors (Lipinski definition) is 15. The number of rotatable bonds is 12. The number of anilines is 3. The van der Waals surface area contributed by atoms with Crippen LogP contribution in [0.15, 0.2) is 76.6 Å². The van der Waals surface area contributed by atoms with Gasteiger partial charge in [-0.3, -0.25) is 38.9 Å². The van der Waals surface area contributed by atoms with Gasteiger partial charge in [-0.05, 0) is 74.6 Å². The van der Waals surface area contributed by atoms with Crippen molar-refractivity contribution in [2.24, 2.45) is 19.8 Å². The number of halogens is 7. The number of amides is 3. The number of nitrogens with two attached hydrogens (primary N) is 1. The third kappa shape index (κ3) is 16.6. The van der Waals surface area contributed by atoms with Crippen molar-refractivity contribution in [1.29, 1.82) is 0 Å². The molecule has 5 aromatic heterocycles. The number of nitrogens with one attached hydrogen (secondary N) is 1. The molecule has 0 bridgehead atoms. The molecule has 6 aromatic rings. The van der Waals surface area contributed by atoms with Crippen LogP contribution in [-0.4, -0.2) is 99.3 Å². The van der Waals surface area contributed by atoms with Gasteiger partial charge < -0.3 is 43.9 Å². The number of hydrogen-bond donors (Lipinski definition) is 2. The van der Waals surface area contributed by atoms with Crippen molar-refractivity contribution < 1.29 is 56.6 Å². The maximum atomic E-state index is 14.5. The molecular formula is C49H49F2I5N9O11V. The number of ketones is 1. The zero-order chi connectivity index (χ0) is 55.9. The van der Waals surface area contributed by atoms with Gasteiger partial charge in [0.05, 0.1) is 65.4 Å². The number of pyridine rings is 5. The van der Waals surface area contributed by atoms with E-state index in [-0.39, 0.29) is 79.0 Å². The second kappa shape index (κ2) is 30.1. The first kappa shape index (κ1) is 62.3. The molecule has 0 spiro atoms. The minimum atomic E-state index is -0.486. The number of Topliss-reactive ketones (excluding diaryl/α,β-unsaturated/α-hetero) is 1. The predicted molar refractivity (Wildman–Crippen MR) is 324 cm³/mol. The van der Waals surface area contributed by atoms with Crippen molar-refractivity contribution in [3.8, 4) is 11.5 Å². The van der Waals surface area contributed by atoms with Gasteiger partial charge >= 0.3 is 77.0 Å². The van der Waals surface area contributed by atoms with E-state index < -0.39 is 23.8 Å². The molecule has 2 unspecified atom stereocenters. The standard InChI is InChI=1S/C25H25FN4O5.C12H11FN2O2.C12H13N3O4.I2.3HI.V/c1-29-23(32)10-8-19-24(29)17(18(26)12-27-19)6-4-2-3-5-16-13-30(25(33)35-16)15-7-9-21-20(11-15)28-22(31)14-34-21;1-15-11(17)5-4-10-12(15)8(3-2-6-16)9(13)7-14-10;13-4-8-5-15(12(17)19-8)11-2-1-10-9(14-11)3-7(16)6-18-10;1-2;;;;/h7-12,16H,2-6,13-14H2,1H3,(H,28,31);4-7H,2-3H2,1H3;1-2,8H,3-6,13H2;;3*1H;/q;;;;;;;+3/p-3. The molecule has 28 heteroatoms. The first-order valence-corrected chi connectivity index (χ1v) is 43.3. The number of aromatic nitrogens is 5. The number of aryl methyl sites for hydroxylation is 4. The Balaban J connectivity index is 0.000000193. The fraction of sp³-hybridized carbons (Fsp3) is 0.347. The summed E-state index contributed by atoms with van der Waals surface area (Å²) in [6.45, 7) is 1.11. The third-order valence-corrected chi connectivity index (χ3v) is 12.2. The molecule has 2 atom stereocenters. The van der Waals surface area contributed by atoms with E-state index in [1.165, 1.54) is 32.4 Å². The summed E-state index contributed by atoms with van der Waals surface area (Å²) < 4.78 is 52.1. The summed E-state index contributed by atoms with van der Waals surface area (Å²) in [5.41, 5.74) is 9.76. The molecule has 0 radical (unpaired) electrons. The molecule has 410 valence electrons. The van der Waals surface area contributed by atoms with E-state index in [1.807, 2.05) is 0 Å². The molecular weight excluding hydrogens is 1610 g/mol. The summed E-state index contributed by atoms with van der Waals surface area (Å²) in [4.78, 5) is 95.9. The Morgan fingerprint density at radius 1 is 0.740 bits per heavy atom. The zero-order valence-corrected chi connectivity index (χ0v) is 53.3. The van der Waals surface area contributed by atoms with E-state index in [1.54, 1.807) is 61.5 Å². The van der Waals surface area contributed by atoms with Crippen LogP contribution in [0.1, 0.15) is 48.9 Å². The van der Waals surface area contributed by atoms with E-state index in [0.717, 1.165) is 31.7 Å². The quantitative estimate of drug-likeness (QED) is 0.0659. The predicted octanol–water partition coefficient (Wildman–Crippen LogP) is 9.03. The number of ether oxygens (including phenoxy) is 4. The molecule has 3 amide bonds. The molecule has 9 heterocycles. The molecule has 2 fully saturated rings. The van der Waals surface area contributed by atoms with Crippen LogP contribution in [-0.2, 0) is 62.1 Å².